The minimum absolute atomic E-state index is 0.310. The molecule has 0 unspecified atom stereocenters. The molecule has 3 aromatic rings. The Morgan fingerprint density at radius 3 is 2.48 bits per heavy atom. The smallest absolute Gasteiger partial charge is 0.420 e. The fourth-order valence-electron chi connectivity index (χ4n) is 2.47. The Labute approximate surface area is 151 Å². The minimum atomic E-state index is -0.599. The molecule has 0 aliphatic heterocycles. The molecule has 0 saturated carbocycles. The molecule has 1 heterocycles. The van der Waals surface area contributed by atoms with Crippen molar-refractivity contribution >= 4 is 28.6 Å². The van der Waals surface area contributed by atoms with E-state index in [1.54, 1.807) is 12.1 Å². The summed E-state index contributed by atoms with van der Waals surface area (Å²) in [6.07, 6.45) is -0.507. The first-order chi connectivity index (χ1) is 11.8. The summed E-state index contributed by atoms with van der Waals surface area (Å²) in [7, 11) is 0. The topological polar surface area (TPSA) is 40.5 Å². The van der Waals surface area contributed by atoms with Gasteiger partial charge >= 0.3 is 6.09 Å². The number of fused-ring (bicyclic) bond motifs is 1. The molecule has 1 aromatic heterocycles. The van der Waals surface area contributed by atoms with Crippen molar-refractivity contribution in [3.63, 3.8) is 0 Å². The Kier molecular flexibility index (Phi) is 4.73. The van der Waals surface area contributed by atoms with Crippen LogP contribution in [0.4, 0.5) is 4.79 Å². The fourth-order valence-corrected chi connectivity index (χ4v) is 2.75. The van der Waals surface area contributed by atoms with Gasteiger partial charge in [0, 0.05) is 11.5 Å². The van der Waals surface area contributed by atoms with Crippen LogP contribution in [0.15, 0.2) is 54.6 Å². The van der Waals surface area contributed by atoms with Gasteiger partial charge in [-0.15, -0.1) is 0 Å². The van der Waals surface area contributed by atoms with E-state index in [4.69, 9.17) is 21.1 Å². The molecule has 0 amide bonds. The van der Waals surface area contributed by atoms with E-state index in [1.807, 2.05) is 63.2 Å². The molecular formula is C20H20ClNO3. The lowest BCUT2D eigenvalue weighted by atomic mass is 10.2. The van der Waals surface area contributed by atoms with E-state index in [0.29, 0.717) is 23.0 Å². The number of rotatable bonds is 3. The Balaban J connectivity index is 1.88. The van der Waals surface area contributed by atoms with Gasteiger partial charge in [0.25, 0.3) is 0 Å². The quantitative estimate of drug-likeness (QED) is 0.607. The number of carbonyl (C=O) groups excluding carboxylic acids is 1. The summed E-state index contributed by atoms with van der Waals surface area (Å²) >= 11 is 6.24. The first kappa shape index (κ1) is 17.4. The van der Waals surface area contributed by atoms with Gasteiger partial charge in [0.05, 0.1) is 5.52 Å². The number of hydrogen-bond donors (Lipinski definition) is 0. The molecule has 0 aliphatic rings. The van der Waals surface area contributed by atoms with Crippen LogP contribution in [0.25, 0.3) is 10.9 Å². The monoisotopic (exact) mass is 357 g/mol. The average molecular weight is 358 g/mol. The highest BCUT2D eigenvalue weighted by atomic mass is 35.5. The van der Waals surface area contributed by atoms with Crippen LogP contribution in [0, 0.1) is 0 Å². The van der Waals surface area contributed by atoms with Crippen molar-refractivity contribution in [2.24, 2.45) is 0 Å². The van der Waals surface area contributed by atoms with E-state index in [-0.39, 0.29) is 0 Å². The van der Waals surface area contributed by atoms with Crippen LogP contribution in [-0.4, -0.2) is 16.3 Å². The average Bonchev–Trinajstić information content (AvgIpc) is 2.87. The molecule has 3 rings (SSSR count). The first-order valence-corrected chi connectivity index (χ1v) is 8.42. The summed E-state index contributed by atoms with van der Waals surface area (Å²) in [5.41, 5.74) is 1.13. The van der Waals surface area contributed by atoms with Crippen LogP contribution >= 0.6 is 11.6 Å². The highest BCUT2D eigenvalue weighted by molar-refractivity contribution is 6.32. The van der Waals surface area contributed by atoms with Crippen molar-refractivity contribution in [1.82, 2.24) is 4.57 Å². The van der Waals surface area contributed by atoms with Crippen molar-refractivity contribution in [1.29, 1.82) is 0 Å². The van der Waals surface area contributed by atoms with E-state index < -0.39 is 11.7 Å². The molecule has 0 fully saturated rings. The molecule has 0 saturated heterocycles. The zero-order valence-corrected chi connectivity index (χ0v) is 15.2. The zero-order valence-electron chi connectivity index (χ0n) is 14.5. The lowest BCUT2D eigenvalue weighted by Gasteiger charge is -2.20. The largest absolute Gasteiger partial charge is 0.489 e. The summed E-state index contributed by atoms with van der Waals surface area (Å²) in [5, 5.41) is 1.16. The summed E-state index contributed by atoms with van der Waals surface area (Å²) in [6.45, 7) is 5.91. The second-order valence-electron chi connectivity index (χ2n) is 6.78. The fraction of sp³-hybridized carbons (Fsp3) is 0.250. The second kappa shape index (κ2) is 6.81. The van der Waals surface area contributed by atoms with Crippen molar-refractivity contribution < 1.29 is 14.3 Å². The van der Waals surface area contributed by atoms with Crippen LogP contribution in [0.3, 0.4) is 0 Å². The predicted molar refractivity (Wildman–Crippen MR) is 99.4 cm³/mol. The van der Waals surface area contributed by atoms with Crippen LogP contribution in [-0.2, 0) is 11.3 Å². The number of carbonyl (C=O) groups is 1. The van der Waals surface area contributed by atoms with Gasteiger partial charge in [0.15, 0.2) is 0 Å². The minimum Gasteiger partial charge on any atom is -0.489 e. The molecule has 0 aliphatic carbocycles. The molecule has 0 atom stereocenters. The second-order valence-corrected chi connectivity index (χ2v) is 7.16. The maximum Gasteiger partial charge on any atom is 0.420 e. The molecule has 0 spiro atoms. The number of nitrogens with zero attached hydrogens (tertiary/aromatic N) is 1. The normalized spacial score (nSPS) is 11.5. The molecule has 25 heavy (non-hydrogen) atoms. The zero-order chi connectivity index (χ0) is 18.0. The Morgan fingerprint density at radius 1 is 1.08 bits per heavy atom. The molecule has 4 nitrogen and oxygen atoms in total. The summed E-state index contributed by atoms with van der Waals surface area (Å²) in [6, 6.07) is 17.2. The lowest BCUT2D eigenvalue weighted by Crippen LogP contribution is -2.27. The lowest BCUT2D eigenvalue weighted by molar-refractivity contribution is 0.0545. The number of hydrogen-bond acceptors (Lipinski definition) is 3. The van der Waals surface area contributed by atoms with Gasteiger partial charge in [0.1, 0.15) is 23.1 Å². The van der Waals surface area contributed by atoms with Crippen molar-refractivity contribution in [2.75, 3.05) is 0 Å². The molecule has 0 N–H and O–H groups in total. The third-order valence-electron chi connectivity index (χ3n) is 3.56. The first-order valence-electron chi connectivity index (χ1n) is 8.04. The van der Waals surface area contributed by atoms with Gasteiger partial charge in [-0.25, -0.2) is 9.36 Å². The summed E-state index contributed by atoms with van der Waals surface area (Å²) in [5.74, 6) is 0.663. The van der Waals surface area contributed by atoms with Crippen LogP contribution in [0.5, 0.6) is 5.75 Å². The number of halogens is 1. The maximum atomic E-state index is 12.5. The number of aromatic nitrogens is 1. The van der Waals surface area contributed by atoms with Gasteiger partial charge in [-0.3, -0.25) is 0 Å². The van der Waals surface area contributed by atoms with Crippen LogP contribution in [0.2, 0.25) is 5.15 Å². The van der Waals surface area contributed by atoms with Crippen LogP contribution < -0.4 is 4.74 Å². The van der Waals surface area contributed by atoms with Crippen LogP contribution in [0.1, 0.15) is 26.3 Å². The van der Waals surface area contributed by atoms with E-state index in [2.05, 4.69) is 0 Å². The summed E-state index contributed by atoms with van der Waals surface area (Å²) < 4.78 is 12.6. The summed E-state index contributed by atoms with van der Waals surface area (Å²) in [4.78, 5) is 12.5. The van der Waals surface area contributed by atoms with E-state index in [9.17, 15) is 4.79 Å². The molecule has 5 heteroatoms. The standard InChI is InChI=1S/C20H20ClNO3/c1-20(2,3)25-19(23)22-17-12-16(10-9-15(17)11-18(22)21)24-13-14-7-5-4-6-8-14/h4-12H,13H2,1-3H3. The SMILES string of the molecule is CC(C)(C)OC(=O)n1c(Cl)cc2ccc(OCc3ccccc3)cc21. The molecule has 130 valence electrons. The van der Waals surface area contributed by atoms with Gasteiger partial charge in [-0.1, -0.05) is 41.9 Å². The maximum absolute atomic E-state index is 12.5. The third kappa shape index (κ3) is 4.15. The third-order valence-corrected chi connectivity index (χ3v) is 3.83. The van der Waals surface area contributed by atoms with Gasteiger partial charge in [0.2, 0.25) is 0 Å². The van der Waals surface area contributed by atoms with Crippen molar-refractivity contribution in [3.05, 3.63) is 65.3 Å². The molecule has 0 bridgehead atoms. The Hall–Kier alpha value is -2.46. The number of benzene rings is 2. The predicted octanol–water partition coefficient (Wildman–Crippen LogP) is 5.66. The van der Waals surface area contributed by atoms with E-state index in [0.717, 1.165) is 10.9 Å². The molecular weight excluding hydrogens is 338 g/mol. The Morgan fingerprint density at radius 2 is 1.80 bits per heavy atom. The highest BCUT2D eigenvalue weighted by Gasteiger charge is 2.21. The van der Waals surface area contributed by atoms with E-state index in [1.165, 1.54) is 4.57 Å². The van der Waals surface area contributed by atoms with Gasteiger partial charge in [-0.2, -0.15) is 0 Å². The van der Waals surface area contributed by atoms with Gasteiger partial charge < -0.3 is 9.47 Å². The van der Waals surface area contributed by atoms with Gasteiger partial charge in [-0.05, 0) is 44.5 Å². The molecule has 2 aromatic carbocycles. The highest BCUT2D eigenvalue weighted by Crippen LogP contribution is 2.28. The Bertz CT molecular complexity index is 894. The van der Waals surface area contributed by atoms with Crippen molar-refractivity contribution in [3.8, 4) is 5.75 Å². The number of ether oxygens (including phenoxy) is 2. The van der Waals surface area contributed by atoms with E-state index >= 15 is 0 Å². The molecule has 0 radical (unpaired) electrons. The van der Waals surface area contributed by atoms with Crippen molar-refractivity contribution in [2.45, 2.75) is 33.0 Å².